The van der Waals surface area contributed by atoms with Crippen molar-refractivity contribution in [1.29, 1.82) is 0 Å². The van der Waals surface area contributed by atoms with Crippen LogP contribution in [-0.2, 0) is 0 Å². The molecule has 0 radical (unpaired) electrons. The van der Waals surface area contributed by atoms with Gasteiger partial charge in [0.1, 0.15) is 0 Å². The summed E-state index contributed by atoms with van der Waals surface area (Å²) in [6.07, 6.45) is 4.39. The molecule has 0 saturated carbocycles. The molecule has 0 aliphatic carbocycles. The summed E-state index contributed by atoms with van der Waals surface area (Å²) in [7, 11) is 0. The highest BCUT2D eigenvalue weighted by Crippen LogP contribution is 2.38. The molecule has 9 aromatic rings. The zero-order valence-corrected chi connectivity index (χ0v) is 32.6. The lowest BCUT2D eigenvalue weighted by molar-refractivity contribution is 1.28. The fourth-order valence-corrected chi connectivity index (χ4v) is 8.63. The first-order valence-corrected chi connectivity index (χ1v) is 20.3. The standard InChI is InChI=1S/C56H41BN2/c1-5-18-44(19-6-1)50-26-17-27-51(45-20-7-2-8-21-45)56(50)57-52-28-13-15-30-54(52)59(55-31-16-14-29-53(55)57)49-40-36-43(37-41-49)33-32-42-34-38-48(39-35-42)58(46-22-9-3-10-23-46)47-24-11-4-12-25-47/h1-41H. The number of para-hydroxylation sites is 4. The first-order valence-electron chi connectivity index (χ1n) is 20.3. The van der Waals surface area contributed by atoms with Crippen LogP contribution in [0.3, 0.4) is 0 Å². The summed E-state index contributed by atoms with van der Waals surface area (Å²) in [5.74, 6) is 0. The number of anilines is 6. The topological polar surface area (TPSA) is 6.48 Å². The molecule has 2 nitrogen and oxygen atoms in total. The molecule has 0 saturated heterocycles. The van der Waals surface area contributed by atoms with Crippen LogP contribution in [0.1, 0.15) is 11.1 Å². The minimum atomic E-state index is 0.0197. The minimum Gasteiger partial charge on any atom is -0.312 e. The van der Waals surface area contributed by atoms with Gasteiger partial charge >= 0.3 is 0 Å². The maximum atomic E-state index is 2.44. The molecular weight excluding hydrogens is 711 g/mol. The van der Waals surface area contributed by atoms with Crippen LogP contribution in [0, 0.1) is 0 Å². The molecule has 0 aromatic heterocycles. The van der Waals surface area contributed by atoms with Crippen LogP contribution in [0.5, 0.6) is 0 Å². The second-order valence-corrected chi connectivity index (χ2v) is 14.9. The Labute approximate surface area is 347 Å². The number of benzene rings is 9. The molecule has 0 spiro atoms. The quantitative estimate of drug-likeness (QED) is 0.107. The summed E-state index contributed by atoms with van der Waals surface area (Å²) in [6, 6.07) is 85.1. The Hall–Kier alpha value is -7.62. The molecule has 278 valence electrons. The van der Waals surface area contributed by atoms with Crippen LogP contribution in [0.15, 0.2) is 237 Å². The Balaban J connectivity index is 0.988. The number of hydrogen-bond acceptors (Lipinski definition) is 2. The van der Waals surface area contributed by atoms with Gasteiger partial charge in [-0.05, 0) is 105 Å². The molecule has 0 fully saturated rings. The van der Waals surface area contributed by atoms with Gasteiger partial charge in [-0.1, -0.05) is 194 Å². The molecule has 0 amide bonds. The molecule has 10 rings (SSSR count). The maximum Gasteiger partial charge on any atom is 0.248 e. The van der Waals surface area contributed by atoms with Gasteiger partial charge in [-0.2, -0.15) is 0 Å². The molecule has 9 aromatic carbocycles. The van der Waals surface area contributed by atoms with Gasteiger partial charge in [0.15, 0.2) is 0 Å². The highest BCUT2D eigenvalue weighted by molar-refractivity contribution is 6.99. The predicted octanol–water partition coefficient (Wildman–Crippen LogP) is 13.0. The van der Waals surface area contributed by atoms with E-state index in [0.29, 0.717) is 0 Å². The third-order valence-electron chi connectivity index (χ3n) is 11.3. The SMILES string of the molecule is C(=Cc1ccc(N2c3ccccc3B(c3c(-c4ccccc4)cccc3-c3ccccc3)c3ccccc32)cc1)c1ccc(N(c2ccccc2)c2ccccc2)cc1. The first-order chi connectivity index (χ1) is 29.3. The second kappa shape index (κ2) is 16.1. The fourth-order valence-electron chi connectivity index (χ4n) is 8.63. The average Bonchev–Trinajstić information content (AvgIpc) is 3.32. The molecule has 0 N–H and O–H groups in total. The molecule has 1 aliphatic heterocycles. The predicted molar refractivity (Wildman–Crippen MR) is 253 cm³/mol. The maximum absolute atomic E-state index is 2.44. The van der Waals surface area contributed by atoms with Gasteiger partial charge in [0.05, 0.1) is 0 Å². The number of nitrogens with zero attached hydrogens (tertiary/aromatic N) is 2. The number of hydrogen-bond donors (Lipinski definition) is 0. The zero-order chi connectivity index (χ0) is 39.4. The van der Waals surface area contributed by atoms with Crippen molar-refractivity contribution >= 4 is 69.4 Å². The summed E-state index contributed by atoms with van der Waals surface area (Å²) in [6.45, 7) is 0.0197. The zero-order valence-electron chi connectivity index (χ0n) is 32.6. The fraction of sp³-hybridized carbons (Fsp3) is 0. The van der Waals surface area contributed by atoms with Gasteiger partial charge in [0, 0.05) is 34.1 Å². The lowest BCUT2D eigenvalue weighted by atomic mass is 9.33. The molecule has 0 unspecified atom stereocenters. The lowest BCUT2D eigenvalue weighted by Crippen LogP contribution is -2.58. The van der Waals surface area contributed by atoms with E-state index in [9.17, 15) is 0 Å². The van der Waals surface area contributed by atoms with E-state index < -0.39 is 0 Å². The van der Waals surface area contributed by atoms with Crippen molar-refractivity contribution in [2.75, 3.05) is 9.80 Å². The van der Waals surface area contributed by atoms with Gasteiger partial charge in [0.2, 0.25) is 6.71 Å². The van der Waals surface area contributed by atoms with E-state index in [4.69, 9.17) is 0 Å². The Morgan fingerprint density at radius 3 is 1.20 bits per heavy atom. The van der Waals surface area contributed by atoms with Gasteiger partial charge in [-0.25, -0.2) is 0 Å². The smallest absolute Gasteiger partial charge is 0.248 e. The van der Waals surface area contributed by atoms with Crippen LogP contribution >= 0.6 is 0 Å². The molecule has 59 heavy (non-hydrogen) atoms. The summed E-state index contributed by atoms with van der Waals surface area (Å²) < 4.78 is 0. The minimum absolute atomic E-state index is 0.0197. The van der Waals surface area contributed by atoms with Crippen LogP contribution in [0.2, 0.25) is 0 Å². The highest BCUT2D eigenvalue weighted by Gasteiger charge is 2.37. The Morgan fingerprint density at radius 2 is 0.729 bits per heavy atom. The third kappa shape index (κ3) is 7.05. The van der Waals surface area contributed by atoms with Crippen LogP contribution in [0.4, 0.5) is 34.1 Å². The Morgan fingerprint density at radius 1 is 0.339 bits per heavy atom. The van der Waals surface area contributed by atoms with E-state index in [1.807, 2.05) is 0 Å². The third-order valence-corrected chi connectivity index (χ3v) is 11.3. The molecular formula is C56H41BN2. The molecule has 0 atom stereocenters. The van der Waals surface area contributed by atoms with Crippen molar-refractivity contribution in [3.8, 4) is 22.3 Å². The molecule has 0 bridgehead atoms. The summed E-state index contributed by atoms with van der Waals surface area (Å²) in [4.78, 5) is 4.72. The molecule has 1 aliphatic rings. The van der Waals surface area contributed by atoms with Gasteiger partial charge in [-0.15, -0.1) is 0 Å². The largest absolute Gasteiger partial charge is 0.312 e. The molecule has 1 heterocycles. The second-order valence-electron chi connectivity index (χ2n) is 14.9. The van der Waals surface area contributed by atoms with E-state index in [0.717, 1.165) is 33.9 Å². The average molecular weight is 753 g/mol. The summed E-state index contributed by atoms with van der Waals surface area (Å²) in [5, 5.41) is 0. The van der Waals surface area contributed by atoms with Crippen molar-refractivity contribution in [2.45, 2.75) is 0 Å². The van der Waals surface area contributed by atoms with Crippen LogP contribution in [-0.4, -0.2) is 6.71 Å². The van der Waals surface area contributed by atoms with Gasteiger partial charge in [-0.3, -0.25) is 0 Å². The monoisotopic (exact) mass is 752 g/mol. The number of fused-ring (bicyclic) bond motifs is 2. The van der Waals surface area contributed by atoms with Crippen LogP contribution in [0.25, 0.3) is 34.4 Å². The summed E-state index contributed by atoms with van der Waals surface area (Å²) in [5.41, 5.74) is 18.1. The van der Waals surface area contributed by atoms with E-state index >= 15 is 0 Å². The van der Waals surface area contributed by atoms with E-state index in [1.165, 1.54) is 50.0 Å². The van der Waals surface area contributed by atoms with E-state index in [2.05, 4.69) is 259 Å². The Kier molecular flexibility index (Phi) is 9.76. The molecule has 3 heteroatoms. The lowest BCUT2D eigenvalue weighted by Gasteiger charge is -2.38. The van der Waals surface area contributed by atoms with Crippen molar-refractivity contribution in [3.63, 3.8) is 0 Å². The normalized spacial score (nSPS) is 11.9. The van der Waals surface area contributed by atoms with E-state index in [1.54, 1.807) is 0 Å². The van der Waals surface area contributed by atoms with Crippen molar-refractivity contribution in [1.82, 2.24) is 0 Å². The van der Waals surface area contributed by atoms with Crippen LogP contribution < -0.4 is 26.2 Å². The van der Waals surface area contributed by atoms with Crippen molar-refractivity contribution < 1.29 is 0 Å². The number of rotatable bonds is 9. The van der Waals surface area contributed by atoms with Crippen molar-refractivity contribution in [3.05, 3.63) is 248 Å². The Bertz CT molecular complexity index is 2710. The summed E-state index contributed by atoms with van der Waals surface area (Å²) >= 11 is 0. The van der Waals surface area contributed by atoms with Gasteiger partial charge < -0.3 is 9.80 Å². The first kappa shape index (κ1) is 35.8. The van der Waals surface area contributed by atoms with Gasteiger partial charge in [0.25, 0.3) is 0 Å². The highest BCUT2D eigenvalue weighted by atomic mass is 15.2. The van der Waals surface area contributed by atoms with E-state index in [-0.39, 0.29) is 6.71 Å². The van der Waals surface area contributed by atoms with Crippen molar-refractivity contribution in [2.24, 2.45) is 0 Å².